The van der Waals surface area contributed by atoms with E-state index in [1.807, 2.05) is 6.07 Å². The van der Waals surface area contributed by atoms with Gasteiger partial charge >= 0.3 is 0 Å². The van der Waals surface area contributed by atoms with Crippen molar-refractivity contribution >= 4 is 59.7 Å². The lowest BCUT2D eigenvalue weighted by Crippen LogP contribution is -2.52. The van der Waals surface area contributed by atoms with Gasteiger partial charge in [0.1, 0.15) is 12.8 Å². The van der Waals surface area contributed by atoms with Crippen molar-refractivity contribution in [2.45, 2.75) is 37.0 Å². The van der Waals surface area contributed by atoms with Crippen LogP contribution in [0.4, 0.5) is 5.69 Å². The van der Waals surface area contributed by atoms with E-state index in [0.29, 0.717) is 12.1 Å². The smallest absolute Gasteiger partial charge is 0.247 e. The lowest BCUT2D eigenvalue weighted by molar-refractivity contribution is -0.131. The molecule has 15 heteroatoms. The molecular formula is C30H36N6O8S. The Balaban J connectivity index is 1.40. The number of nitrogens with zero attached hydrogens (tertiary/aromatic N) is 1. The predicted octanol–water partition coefficient (Wildman–Crippen LogP) is -1.02. The minimum atomic E-state index is -1.02. The van der Waals surface area contributed by atoms with Gasteiger partial charge in [-0.05, 0) is 29.7 Å². The summed E-state index contributed by atoms with van der Waals surface area (Å²) in [6.07, 6.45) is 0.625. The molecule has 7 amide bonds. The largest absolute Gasteiger partial charge is 0.364 e. The average Bonchev–Trinajstić information content (AvgIpc) is 3.29. The number of carbonyl (C=O) groups excluding carboxylic acids is 7. The third kappa shape index (κ3) is 11.4. The molecule has 3 rings (SSSR count). The maximum atomic E-state index is 12.8. The van der Waals surface area contributed by atoms with Crippen LogP contribution in [0.2, 0.25) is 0 Å². The van der Waals surface area contributed by atoms with Gasteiger partial charge in [-0.1, -0.05) is 42.5 Å². The molecule has 45 heavy (non-hydrogen) atoms. The first kappa shape index (κ1) is 34.7. The Bertz CT molecular complexity index is 1390. The van der Waals surface area contributed by atoms with E-state index in [1.165, 1.54) is 7.11 Å². The Morgan fingerprint density at radius 2 is 1.44 bits per heavy atom. The summed E-state index contributed by atoms with van der Waals surface area (Å²) in [5.41, 5.74) is 2.00. The highest BCUT2D eigenvalue weighted by Gasteiger charge is 2.37. The molecule has 0 bridgehead atoms. The monoisotopic (exact) mass is 640 g/mol. The number of ether oxygens (including phenoxy) is 1. The van der Waals surface area contributed by atoms with Crippen LogP contribution >= 0.6 is 12.6 Å². The molecule has 0 aliphatic carbocycles. The van der Waals surface area contributed by atoms with Gasteiger partial charge in [-0.15, -0.1) is 0 Å². The fourth-order valence-electron chi connectivity index (χ4n) is 4.28. The molecule has 240 valence electrons. The van der Waals surface area contributed by atoms with Crippen LogP contribution in [0.3, 0.4) is 0 Å². The highest BCUT2D eigenvalue weighted by Crippen LogP contribution is 2.25. The van der Waals surface area contributed by atoms with Crippen LogP contribution in [-0.2, 0) is 51.1 Å². The van der Waals surface area contributed by atoms with E-state index in [1.54, 1.807) is 48.5 Å². The molecule has 2 atom stereocenters. The van der Waals surface area contributed by atoms with Gasteiger partial charge in [0.2, 0.25) is 41.4 Å². The highest BCUT2D eigenvalue weighted by molar-refractivity contribution is 7.82. The van der Waals surface area contributed by atoms with Crippen molar-refractivity contribution in [3.63, 3.8) is 0 Å². The summed E-state index contributed by atoms with van der Waals surface area (Å²) in [5, 5.41) is 11.7. The molecule has 1 saturated heterocycles. The van der Waals surface area contributed by atoms with Crippen LogP contribution < -0.4 is 31.5 Å². The Kier molecular flexibility index (Phi) is 13.5. The van der Waals surface area contributed by atoms with Gasteiger partial charge in [-0.3, -0.25) is 33.6 Å². The Hall–Kier alpha value is -4.76. The number of hydrogen-bond donors (Lipinski definition) is 6. The van der Waals surface area contributed by atoms with Crippen molar-refractivity contribution in [2.75, 3.05) is 38.4 Å². The van der Waals surface area contributed by atoms with Crippen LogP contribution in [0, 0.1) is 0 Å². The first-order chi connectivity index (χ1) is 21.6. The lowest BCUT2D eigenvalue weighted by Gasteiger charge is -2.19. The summed E-state index contributed by atoms with van der Waals surface area (Å²) in [6.45, 7) is -1.14. The summed E-state index contributed by atoms with van der Waals surface area (Å²) < 4.78 is 4.75. The summed E-state index contributed by atoms with van der Waals surface area (Å²) >= 11 is 4.11. The zero-order valence-corrected chi connectivity index (χ0v) is 25.6. The fourth-order valence-corrected chi connectivity index (χ4v) is 4.55. The molecule has 0 radical (unpaired) electrons. The topological polar surface area (TPSA) is 192 Å². The van der Waals surface area contributed by atoms with E-state index in [2.05, 4.69) is 39.2 Å². The molecule has 0 spiro atoms. The van der Waals surface area contributed by atoms with Crippen LogP contribution in [-0.4, -0.2) is 86.1 Å². The average molecular weight is 641 g/mol. The van der Waals surface area contributed by atoms with Crippen molar-refractivity contribution in [3.8, 4) is 0 Å². The number of nitrogens with one attached hydrogen (secondary N) is 5. The van der Waals surface area contributed by atoms with E-state index < -0.39 is 47.4 Å². The summed E-state index contributed by atoms with van der Waals surface area (Å²) in [6, 6.07) is 14.6. The van der Waals surface area contributed by atoms with E-state index in [-0.39, 0.29) is 50.9 Å². The number of carbonyl (C=O) groups is 7. The Morgan fingerprint density at radius 1 is 0.822 bits per heavy atom. The van der Waals surface area contributed by atoms with E-state index >= 15 is 0 Å². The number of thiol groups is 1. The molecule has 1 aliphatic rings. The van der Waals surface area contributed by atoms with Crippen LogP contribution in [0.15, 0.2) is 54.6 Å². The number of imide groups is 1. The summed E-state index contributed by atoms with van der Waals surface area (Å²) in [5.74, 6) is -3.39. The van der Waals surface area contributed by atoms with Gasteiger partial charge < -0.3 is 31.3 Å². The van der Waals surface area contributed by atoms with Crippen molar-refractivity contribution < 1.29 is 38.3 Å². The van der Waals surface area contributed by atoms with Crippen LogP contribution in [0.5, 0.6) is 0 Å². The second-order valence-electron chi connectivity index (χ2n) is 10.1. The quantitative estimate of drug-likeness (QED) is 0.0763. The highest BCUT2D eigenvalue weighted by atomic mass is 32.1. The van der Waals surface area contributed by atoms with Gasteiger partial charge in [0, 0.05) is 26.4 Å². The SMILES string of the molecule is COCNC(=O)CNC(=O)[C@H](Cc1ccccc1)NC(=O)CNC(=O)CNC(=O)CCc1ccc(N2C(=O)CC(S)C2=O)cc1. The number of methoxy groups -OCH3 is 1. The molecule has 2 aromatic carbocycles. The second-order valence-corrected chi connectivity index (χ2v) is 10.7. The first-order valence-electron chi connectivity index (χ1n) is 14.1. The van der Waals surface area contributed by atoms with Gasteiger partial charge in [-0.25, -0.2) is 4.90 Å². The maximum Gasteiger partial charge on any atom is 0.247 e. The first-order valence-corrected chi connectivity index (χ1v) is 14.6. The van der Waals surface area contributed by atoms with E-state index in [9.17, 15) is 33.6 Å². The summed E-state index contributed by atoms with van der Waals surface area (Å²) in [4.78, 5) is 86.9. The Morgan fingerprint density at radius 3 is 2.09 bits per heavy atom. The number of amides is 7. The molecule has 2 aromatic rings. The Labute approximate surface area is 265 Å². The molecule has 5 N–H and O–H groups in total. The van der Waals surface area contributed by atoms with Crippen LogP contribution in [0.1, 0.15) is 24.0 Å². The van der Waals surface area contributed by atoms with Gasteiger partial charge in [-0.2, -0.15) is 12.6 Å². The number of hydrogen-bond acceptors (Lipinski definition) is 9. The summed E-state index contributed by atoms with van der Waals surface area (Å²) in [7, 11) is 1.41. The molecular weight excluding hydrogens is 604 g/mol. The van der Waals surface area contributed by atoms with Gasteiger partial charge in [0.05, 0.1) is 30.6 Å². The minimum Gasteiger partial charge on any atom is -0.364 e. The molecule has 1 heterocycles. The fraction of sp³-hybridized carbons (Fsp3) is 0.367. The number of aryl methyl sites for hydroxylation is 1. The molecule has 14 nitrogen and oxygen atoms in total. The van der Waals surface area contributed by atoms with Gasteiger partial charge in [0.25, 0.3) is 0 Å². The van der Waals surface area contributed by atoms with Crippen LogP contribution in [0.25, 0.3) is 0 Å². The van der Waals surface area contributed by atoms with Crippen molar-refractivity contribution in [3.05, 3.63) is 65.7 Å². The number of rotatable bonds is 16. The standard InChI is InChI=1S/C30H36N6O8S/c1-44-18-34-26(39)16-33-29(42)22(13-20-5-3-2-4-6-20)35-27(40)17-32-25(38)15-31-24(37)12-9-19-7-10-21(11-8-19)36-28(41)14-23(45)30(36)43/h2-8,10-11,22-23,45H,9,12-18H2,1H3,(H,31,37)(H,32,38)(H,33,42)(H,34,39)(H,35,40)/t22-,23?/m0/s1. The second kappa shape index (κ2) is 17.5. The number of benzene rings is 2. The van der Waals surface area contributed by atoms with E-state index in [0.717, 1.165) is 16.0 Å². The number of anilines is 1. The minimum absolute atomic E-state index is 0.0165. The molecule has 0 aromatic heterocycles. The predicted molar refractivity (Wildman–Crippen MR) is 166 cm³/mol. The lowest BCUT2D eigenvalue weighted by atomic mass is 10.1. The molecule has 1 aliphatic heterocycles. The zero-order valence-electron chi connectivity index (χ0n) is 24.7. The third-order valence-electron chi connectivity index (χ3n) is 6.62. The van der Waals surface area contributed by atoms with Crippen molar-refractivity contribution in [1.82, 2.24) is 26.6 Å². The molecule has 1 fully saturated rings. The molecule has 1 unspecified atom stereocenters. The zero-order chi connectivity index (χ0) is 32.8. The van der Waals surface area contributed by atoms with E-state index in [4.69, 9.17) is 4.74 Å². The molecule has 0 saturated carbocycles. The normalized spacial score (nSPS) is 14.8. The van der Waals surface area contributed by atoms with Crippen molar-refractivity contribution in [1.29, 1.82) is 0 Å². The maximum absolute atomic E-state index is 12.8. The van der Waals surface area contributed by atoms with Gasteiger partial charge in [0.15, 0.2) is 0 Å². The van der Waals surface area contributed by atoms with Crippen molar-refractivity contribution in [2.24, 2.45) is 0 Å². The third-order valence-corrected chi connectivity index (χ3v) is 7.02.